The quantitative estimate of drug-likeness (QED) is 0.845. The molecule has 0 spiro atoms. The second-order valence-corrected chi connectivity index (χ2v) is 4.66. The van der Waals surface area contributed by atoms with Gasteiger partial charge in [0.15, 0.2) is 0 Å². The molecule has 0 saturated carbocycles. The van der Waals surface area contributed by atoms with E-state index in [0.717, 1.165) is 22.8 Å². The fourth-order valence-electron chi connectivity index (χ4n) is 1.38. The minimum atomic E-state index is -0.186. The van der Waals surface area contributed by atoms with Gasteiger partial charge in [0.2, 0.25) is 0 Å². The number of hydrogen-bond acceptors (Lipinski definition) is 1. The standard InChI is InChI=1S/C11H15FIN/c1-2-3-4-11(14)9-7-8(13)5-6-10(9)12/h5-7,11H,2-4,14H2,1H3/t11-/m0/s1. The number of rotatable bonds is 4. The van der Waals surface area contributed by atoms with Gasteiger partial charge in [0.1, 0.15) is 5.82 Å². The van der Waals surface area contributed by atoms with Gasteiger partial charge in [-0.2, -0.15) is 0 Å². The van der Waals surface area contributed by atoms with E-state index in [2.05, 4.69) is 29.5 Å². The second-order valence-electron chi connectivity index (χ2n) is 3.41. The van der Waals surface area contributed by atoms with E-state index in [1.807, 2.05) is 6.07 Å². The minimum absolute atomic E-state index is 0.162. The molecule has 1 rings (SSSR count). The molecule has 0 heterocycles. The number of benzene rings is 1. The van der Waals surface area contributed by atoms with Crippen LogP contribution in [0.25, 0.3) is 0 Å². The Balaban J connectivity index is 2.77. The lowest BCUT2D eigenvalue weighted by atomic mass is 10.0. The smallest absolute Gasteiger partial charge is 0.128 e. The zero-order chi connectivity index (χ0) is 10.6. The highest BCUT2D eigenvalue weighted by molar-refractivity contribution is 14.1. The maximum absolute atomic E-state index is 13.4. The van der Waals surface area contributed by atoms with Crippen molar-refractivity contribution in [3.05, 3.63) is 33.1 Å². The van der Waals surface area contributed by atoms with Gasteiger partial charge in [-0.15, -0.1) is 0 Å². The van der Waals surface area contributed by atoms with E-state index in [4.69, 9.17) is 5.73 Å². The Labute approximate surface area is 98.0 Å². The van der Waals surface area contributed by atoms with E-state index in [-0.39, 0.29) is 11.9 Å². The van der Waals surface area contributed by atoms with E-state index in [1.54, 1.807) is 6.07 Å². The molecule has 1 nitrogen and oxygen atoms in total. The molecular formula is C11H15FIN. The molecule has 0 fully saturated rings. The molecule has 2 N–H and O–H groups in total. The summed E-state index contributed by atoms with van der Waals surface area (Å²) in [6, 6.07) is 4.91. The molecule has 0 aliphatic heterocycles. The molecule has 0 aliphatic rings. The van der Waals surface area contributed by atoms with Crippen LogP contribution < -0.4 is 5.73 Å². The molecular weight excluding hydrogens is 292 g/mol. The summed E-state index contributed by atoms with van der Waals surface area (Å²) >= 11 is 2.17. The molecule has 0 amide bonds. The lowest BCUT2D eigenvalue weighted by molar-refractivity contribution is 0.547. The lowest BCUT2D eigenvalue weighted by Crippen LogP contribution is -2.12. The largest absolute Gasteiger partial charge is 0.324 e. The van der Waals surface area contributed by atoms with Crippen LogP contribution in [0.1, 0.15) is 37.8 Å². The van der Waals surface area contributed by atoms with E-state index < -0.39 is 0 Å². The Kier molecular flexibility index (Phi) is 4.81. The first kappa shape index (κ1) is 11.9. The third-order valence-electron chi connectivity index (χ3n) is 2.23. The van der Waals surface area contributed by atoms with Crippen LogP contribution in [0.5, 0.6) is 0 Å². The maximum atomic E-state index is 13.4. The van der Waals surface area contributed by atoms with Crippen LogP contribution in [0, 0.1) is 9.39 Å². The van der Waals surface area contributed by atoms with Crippen molar-refractivity contribution in [1.82, 2.24) is 0 Å². The molecule has 1 aromatic carbocycles. The Morgan fingerprint density at radius 2 is 2.21 bits per heavy atom. The van der Waals surface area contributed by atoms with Crippen LogP contribution in [0.2, 0.25) is 0 Å². The van der Waals surface area contributed by atoms with Gasteiger partial charge in [-0.25, -0.2) is 4.39 Å². The van der Waals surface area contributed by atoms with Crippen LogP contribution >= 0.6 is 22.6 Å². The van der Waals surface area contributed by atoms with E-state index in [9.17, 15) is 4.39 Å². The van der Waals surface area contributed by atoms with Gasteiger partial charge in [0, 0.05) is 15.2 Å². The summed E-state index contributed by atoms with van der Waals surface area (Å²) in [5.41, 5.74) is 6.55. The summed E-state index contributed by atoms with van der Waals surface area (Å²) in [4.78, 5) is 0. The van der Waals surface area contributed by atoms with Crippen LogP contribution in [-0.4, -0.2) is 0 Å². The summed E-state index contributed by atoms with van der Waals surface area (Å²) < 4.78 is 14.4. The predicted molar refractivity (Wildman–Crippen MR) is 65.6 cm³/mol. The zero-order valence-electron chi connectivity index (χ0n) is 8.26. The highest BCUT2D eigenvalue weighted by Gasteiger charge is 2.10. The Bertz CT molecular complexity index is 301. The van der Waals surface area contributed by atoms with Crippen molar-refractivity contribution in [3.8, 4) is 0 Å². The minimum Gasteiger partial charge on any atom is -0.324 e. The number of hydrogen-bond donors (Lipinski definition) is 1. The maximum Gasteiger partial charge on any atom is 0.128 e. The Morgan fingerprint density at radius 1 is 1.50 bits per heavy atom. The molecule has 0 radical (unpaired) electrons. The van der Waals surface area contributed by atoms with Gasteiger partial charge >= 0.3 is 0 Å². The monoisotopic (exact) mass is 307 g/mol. The van der Waals surface area contributed by atoms with Gasteiger partial charge < -0.3 is 5.73 Å². The predicted octanol–water partition coefficient (Wildman–Crippen LogP) is 3.62. The van der Waals surface area contributed by atoms with E-state index in [0.29, 0.717) is 5.56 Å². The molecule has 14 heavy (non-hydrogen) atoms. The van der Waals surface area contributed by atoms with Crippen LogP contribution in [0.4, 0.5) is 4.39 Å². The third kappa shape index (κ3) is 3.20. The van der Waals surface area contributed by atoms with Crippen molar-refractivity contribution < 1.29 is 4.39 Å². The SMILES string of the molecule is CCCC[C@H](N)c1cc(I)ccc1F. The summed E-state index contributed by atoms with van der Waals surface area (Å²) in [5.74, 6) is -0.186. The topological polar surface area (TPSA) is 26.0 Å². The molecule has 78 valence electrons. The number of halogens is 2. The normalized spacial score (nSPS) is 12.9. The van der Waals surface area contributed by atoms with Crippen molar-refractivity contribution >= 4 is 22.6 Å². The van der Waals surface area contributed by atoms with Crippen molar-refractivity contribution in [2.24, 2.45) is 5.73 Å². The molecule has 3 heteroatoms. The average Bonchev–Trinajstić information content (AvgIpc) is 2.18. The number of unbranched alkanes of at least 4 members (excludes halogenated alkanes) is 1. The Hall–Kier alpha value is -0.160. The van der Waals surface area contributed by atoms with Crippen LogP contribution in [0.3, 0.4) is 0 Å². The summed E-state index contributed by atoms with van der Waals surface area (Å²) in [6.45, 7) is 2.11. The fraction of sp³-hybridized carbons (Fsp3) is 0.455. The molecule has 0 aromatic heterocycles. The van der Waals surface area contributed by atoms with Gasteiger partial charge in [-0.3, -0.25) is 0 Å². The highest BCUT2D eigenvalue weighted by Crippen LogP contribution is 2.21. The second kappa shape index (κ2) is 5.66. The lowest BCUT2D eigenvalue weighted by Gasteiger charge is -2.12. The highest BCUT2D eigenvalue weighted by atomic mass is 127. The molecule has 0 bridgehead atoms. The van der Waals surface area contributed by atoms with Gasteiger partial charge in [-0.1, -0.05) is 19.8 Å². The third-order valence-corrected chi connectivity index (χ3v) is 2.90. The van der Waals surface area contributed by atoms with E-state index in [1.165, 1.54) is 6.07 Å². The van der Waals surface area contributed by atoms with Crippen molar-refractivity contribution in [2.45, 2.75) is 32.2 Å². The summed E-state index contributed by atoms with van der Waals surface area (Å²) in [5, 5.41) is 0. The fourth-order valence-corrected chi connectivity index (χ4v) is 1.89. The molecule has 0 saturated heterocycles. The van der Waals surface area contributed by atoms with Crippen LogP contribution in [0.15, 0.2) is 18.2 Å². The molecule has 0 aliphatic carbocycles. The average molecular weight is 307 g/mol. The molecule has 0 unspecified atom stereocenters. The summed E-state index contributed by atoms with van der Waals surface area (Å²) in [6.07, 6.45) is 3.00. The zero-order valence-corrected chi connectivity index (χ0v) is 10.4. The first-order chi connectivity index (χ1) is 6.65. The van der Waals surface area contributed by atoms with Crippen molar-refractivity contribution in [1.29, 1.82) is 0 Å². The number of nitrogens with two attached hydrogens (primary N) is 1. The van der Waals surface area contributed by atoms with Gasteiger partial charge in [-0.05, 0) is 47.2 Å². The van der Waals surface area contributed by atoms with Gasteiger partial charge in [0.05, 0.1) is 0 Å². The first-order valence-electron chi connectivity index (χ1n) is 4.85. The van der Waals surface area contributed by atoms with E-state index >= 15 is 0 Å². The van der Waals surface area contributed by atoms with Crippen molar-refractivity contribution in [2.75, 3.05) is 0 Å². The van der Waals surface area contributed by atoms with Crippen LogP contribution in [-0.2, 0) is 0 Å². The first-order valence-corrected chi connectivity index (χ1v) is 5.93. The molecule has 1 atom stereocenters. The Morgan fingerprint density at radius 3 is 2.86 bits per heavy atom. The van der Waals surface area contributed by atoms with Crippen molar-refractivity contribution in [3.63, 3.8) is 0 Å². The summed E-state index contributed by atoms with van der Waals surface area (Å²) in [7, 11) is 0. The van der Waals surface area contributed by atoms with Gasteiger partial charge in [0.25, 0.3) is 0 Å². The molecule has 1 aromatic rings.